The summed E-state index contributed by atoms with van der Waals surface area (Å²) in [7, 11) is 0. The molecule has 2 heterocycles. The number of anilines is 1. The molecular weight excluding hydrogens is 298 g/mol. The molecule has 0 radical (unpaired) electrons. The molecule has 4 rings (SSSR count). The maximum Gasteiger partial charge on any atom is 0.225 e. The largest absolute Gasteiger partial charge is 0.508 e. The van der Waals surface area contributed by atoms with Crippen LogP contribution in [0.3, 0.4) is 0 Å². The molecule has 22 heavy (non-hydrogen) atoms. The monoisotopic (exact) mass is 311 g/mol. The summed E-state index contributed by atoms with van der Waals surface area (Å²) in [4.78, 5) is 12.1. The summed E-state index contributed by atoms with van der Waals surface area (Å²) in [6.45, 7) is 1.86. The average Bonchev–Trinajstić information content (AvgIpc) is 2.96. The van der Waals surface area contributed by atoms with Gasteiger partial charge in [0.1, 0.15) is 16.8 Å². The summed E-state index contributed by atoms with van der Waals surface area (Å²) in [5, 5.41) is 12.7. The first-order chi connectivity index (χ1) is 10.6. The van der Waals surface area contributed by atoms with Gasteiger partial charge in [-0.2, -0.15) is 8.75 Å². The van der Waals surface area contributed by atoms with E-state index in [1.165, 1.54) is 11.7 Å². The van der Waals surface area contributed by atoms with Gasteiger partial charge in [-0.15, -0.1) is 0 Å². The average molecular weight is 311 g/mol. The molecule has 1 atom stereocenters. The molecule has 110 valence electrons. The molecule has 1 aliphatic heterocycles. The lowest BCUT2D eigenvalue weighted by molar-refractivity contribution is -0.116. The predicted octanol–water partition coefficient (Wildman–Crippen LogP) is 3.18. The molecule has 0 fully saturated rings. The van der Waals surface area contributed by atoms with Gasteiger partial charge in [0.2, 0.25) is 5.91 Å². The molecule has 1 unspecified atom stereocenters. The van der Waals surface area contributed by atoms with Crippen LogP contribution >= 0.6 is 11.7 Å². The van der Waals surface area contributed by atoms with Gasteiger partial charge in [-0.05, 0) is 35.7 Å². The number of fused-ring (bicyclic) bond motifs is 2. The van der Waals surface area contributed by atoms with Crippen molar-refractivity contribution in [2.75, 3.05) is 5.32 Å². The highest BCUT2D eigenvalue weighted by atomic mass is 32.1. The summed E-state index contributed by atoms with van der Waals surface area (Å²) < 4.78 is 8.65. The third-order valence-corrected chi connectivity index (χ3v) is 4.64. The minimum absolute atomic E-state index is 0.0547. The zero-order valence-corrected chi connectivity index (χ0v) is 12.6. The molecule has 6 heteroatoms. The van der Waals surface area contributed by atoms with E-state index in [-0.39, 0.29) is 17.6 Å². The molecule has 1 aliphatic rings. The van der Waals surface area contributed by atoms with E-state index in [1.54, 1.807) is 6.07 Å². The van der Waals surface area contributed by atoms with Crippen LogP contribution in [0.4, 0.5) is 5.69 Å². The Morgan fingerprint density at radius 2 is 2.14 bits per heavy atom. The Bertz CT molecular complexity index is 904. The van der Waals surface area contributed by atoms with Crippen molar-refractivity contribution in [2.45, 2.75) is 19.3 Å². The highest BCUT2D eigenvalue weighted by molar-refractivity contribution is 7.00. The molecule has 1 amide bonds. The third-order valence-electron chi connectivity index (χ3n) is 4.10. The zero-order chi connectivity index (χ0) is 15.3. The second-order valence-corrected chi connectivity index (χ2v) is 6.04. The summed E-state index contributed by atoms with van der Waals surface area (Å²) in [6, 6.07) is 9.42. The minimum Gasteiger partial charge on any atom is -0.508 e. The quantitative estimate of drug-likeness (QED) is 0.724. The van der Waals surface area contributed by atoms with Crippen molar-refractivity contribution in [3.8, 4) is 5.75 Å². The van der Waals surface area contributed by atoms with Crippen LogP contribution in [0.5, 0.6) is 5.75 Å². The van der Waals surface area contributed by atoms with E-state index in [2.05, 4.69) is 14.1 Å². The molecule has 0 spiro atoms. The number of carbonyl (C=O) groups excluding carboxylic acids is 1. The highest BCUT2D eigenvalue weighted by Crippen LogP contribution is 2.41. The van der Waals surface area contributed by atoms with Gasteiger partial charge >= 0.3 is 0 Å². The van der Waals surface area contributed by atoms with Crippen molar-refractivity contribution in [1.29, 1.82) is 0 Å². The van der Waals surface area contributed by atoms with Crippen LogP contribution in [0.2, 0.25) is 0 Å². The Hall–Kier alpha value is -2.47. The molecule has 0 saturated heterocycles. The van der Waals surface area contributed by atoms with E-state index in [0.717, 1.165) is 27.7 Å². The number of aromatic hydroxyl groups is 1. The standard InChI is InChI=1S/C16H13N3O2S/c1-8-5-11-10(6-15(21)17-13(11)7-14(8)20)9-3-2-4-12-16(9)19-22-18-12/h2-5,7,10,20H,6H2,1H3,(H,17,21). The Kier molecular flexibility index (Phi) is 2.87. The number of amides is 1. The Morgan fingerprint density at radius 1 is 1.27 bits per heavy atom. The van der Waals surface area contributed by atoms with Crippen molar-refractivity contribution in [3.63, 3.8) is 0 Å². The first kappa shape index (κ1) is 13.2. The number of hydrogen-bond donors (Lipinski definition) is 2. The topological polar surface area (TPSA) is 75.1 Å². The summed E-state index contributed by atoms with van der Waals surface area (Å²) in [6.07, 6.45) is 0.369. The number of benzene rings is 2. The first-order valence-corrected chi connectivity index (χ1v) is 7.71. The molecule has 0 aliphatic carbocycles. The number of phenolic OH excluding ortho intramolecular Hbond substituents is 1. The number of carbonyl (C=O) groups is 1. The molecule has 0 saturated carbocycles. The van der Waals surface area contributed by atoms with Gasteiger partial charge in [-0.25, -0.2) is 0 Å². The number of rotatable bonds is 1. The first-order valence-electron chi connectivity index (χ1n) is 6.98. The number of phenols is 1. The zero-order valence-electron chi connectivity index (χ0n) is 11.8. The minimum atomic E-state index is -0.0735. The summed E-state index contributed by atoms with van der Waals surface area (Å²) in [5.41, 5.74) is 5.19. The van der Waals surface area contributed by atoms with E-state index in [1.807, 2.05) is 31.2 Å². The lowest BCUT2D eigenvalue weighted by atomic mass is 9.83. The van der Waals surface area contributed by atoms with E-state index < -0.39 is 0 Å². The van der Waals surface area contributed by atoms with Crippen molar-refractivity contribution in [3.05, 3.63) is 47.0 Å². The number of hydrogen-bond acceptors (Lipinski definition) is 5. The third kappa shape index (κ3) is 1.95. The predicted molar refractivity (Wildman–Crippen MR) is 85.3 cm³/mol. The molecular formula is C16H13N3O2S. The smallest absolute Gasteiger partial charge is 0.225 e. The Balaban J connectivity index is 1.95. The number of aromatic nitrogens is 2. The summed E-state index contributed by atoms with van der Waals surface area (Å²) >= 11 is 1.18. The maximum absolute atomic E-state index is 12.1. The van der Waals surface area contributed by atoms with Gasteiger partial charge < -0.3 is 10.4 Å². The van der Waals surface area contributed by atoms with E-state index >= 15 is 0 Å². The van der Waals surface area contributed by atoms with Crippen molar-refractivity contribution in [1.82, 2.24) is 8.75 Å². The van der Waals surface area contributed by atoms with Crippen LogP contribution < -0.4 is 5.32 Å². The molecule has 2 N–H and O–H groups in total. The van der Waals surface area contributed by atoms with E-state index in [0.29, 0.717) is 12.1 Å². The molecule has 0 bridgehead atoms. The van der Waals surface area contributed by atoms with Crippen LogP contribution in [-0.2, 0) is 4.79 Å². The Labute approximate surface area is 130 Å². The lowest BCUT2D eigenvalue weighted by Crippen LogP contribution is -2.23. The SMILES string of the molecule is Cc1cc2c(cc1O)NC(=O)CC2c1cccc2nsnc12. The lowest BCUT2D eigenvalue weighted by Gasteiger charge is -2.26. The van der Waals surface area contributed by atoms with Crippen molar-refractivity contribution >= 4 is 34.4 Å². The number of aryl methyl sites for hydroxylation is 1. The van der Waals surface area contributed by atoms with Gasteiger partial charge in [0.25, 0.3) is 0 Å². The van der Waals surface area contributed by atoms with Gasteiger partial charge in [-0.1, -0.05) is 12.1 Å². The second kappa shape index (κ2) is 4.78. The Morgan fingerprint density at radius 3 is 3.00 bits per heavy atom. The van der Waals surface area contributed by atoms with Crippen LogP contribution in [0.15, 0.2) is 30.3 Å². The van der Waals surface area contributed by atoms with Crippen molar-refractivity contribution in [2.24, 2.45) is 0 Å². The van der Waals surface area contributed by atoms with E-state index in [4.69, 9.17) is 0 Å². The maximum atomic E-state index is 12.1. The molecule has 3 aromatic rings. The highest BCUT2D eigenvalue weighted by Gasteiger charge is 2.29. The fourth-order valence-electron chi connectivity index (χ4n) is 3.00. The number of nitrogens with one attached hydrogen (secondary N) is 1. The van der Waals surface area contributed by atoms with Gasteiger partial charge in [0.15, 0.2) is 0 Å². The van der Waals surface area contributed by atoms with Crippen LogP contribution in [0.1, 0.15) is 29.0 Å². The van der Waals surface area contributed by atoms with Gasteiger partial charge in [0, 0.05) is 24.1 Å². The second-order valence-electron chi connectivity index (χ2n) is 5.51. The molecule has 5 nitrogen and oxygen atoms in total. The summed E-state index contributed by atoms with van der Waals surface area (Å²) in [5.74, 6) is 0.0600. The van der Waals surface area contributed by atoms with Crippen molar-refractivity contribution < 1.29 is 9.90 Å². The van der Waals surface area contributed by atoms with Crippen LogP contribution in [0.25, 0.3) is 11.0 Å². The van der Waals surface area contributed by atoms with Gasteiger partial charge in [-0.3, -0.25) is 4.79 Å². The fourth-order valence-corrected chi connectivity index (χ4v) is 3.55. The normalized spacial score (nSPS) is 17.3. The van der Waals surface area contributed by atoms with Crippen LogP contribution in [-0.4, -0.2) is 19.8 Å². The molecule has 1 aromatic heterocycles. The molecule has 2 aromatic carbocycles. The van der Waals surface area contributed by atoms with Crippen LogP contribution in [0, 0.1) is 6.92 Å². The fraction of sp³-hybridized carbons (Fsp3) is 0.188. The van der Waals surface area contributed by atoms with Gasteiger partial charge in [0.05, 0.1) is 11.7 Å². The van der Waals surface area contributed by atoms with E-state index in [9.17, 15) is 9.90 Å². The number of nitrogens with zero attached hydrogens (tertiary/aromatic N) is 2.